The summed E-state index contributed by atoms with van der Waals surface area (Å²) >= 11 is 0. The fraction of sp³-hybridized carbons (Fsp3) is 0.250. The minimum Gasteiger partial charge on any atom is -0.322 e. The van der Waals surface area contributed by atoms with Crippen molar-refractivity contribution in [3.8, 4) is 17.3 Å². The first-order valence-corrected chi connectivity index (χ1v) is 8.66. The zero-order chi connectivity index (χ0) is 19.0. The van der Waals surface area contributed by atoms with Gasteiger partial charge in [-0.15, -0.1) is 0 Å². The van der Waals surface area contributed by atoms with E-state index in [1.807, 2.05) is 18.2 Å². The standard InChI is InChI=1S/C20H16N4O3/c21-7-5-12-6-8-22-16(9-12)13-1-2-15-14(10-13)11-24(20(15)27)17-3-4-18(25)23-19(17)26/h1-2,6,8-10,17H,3-5,11H2,(H,23,25,26). The molecule has 7 heteroatoms. The summed E-state index contributed by atoms with van der Waals surface area (Å²) in [7, 11) is 0. The summed E-state index contributed by atoms with van der Waals surface area (Å²) < 4.78 is 0. The molecule has 3 heterocycles. The van der Waals surface area contributed by atoms with Gasteiger partial charge in [-0.3, -0.25) is 24.7 Å². The third-order valence-corrected chi connectivity index (χ3v) is 4.93. The van der Waals surface area contributed by atoms with Crippen LogP contribution in [0.25, 0.3) is 11.3 Å². The van der Waals surface area contributed by atoms with Crippen LogP contribution in [0.3, 0.4) is 0 Å². The predicted molar refractivity (Wildman–Crippen MR) is 95.0 cm³/mol. The van der Waals surface area contributed by atoms with Crippen LogP contribution in [0.5, 0.6) is 0 Å². The summed E-state index contributed by atoms with van der Waals surface area (Å²) in [4.78, 5) is 42.1. The zero-order valence-electron chi connectivity index (χ0n) is 14.4. The molecule has 0 saturated carbocycles. The molecular formula is C20H16N4O3. The van der Waals surface area contributed by atoms with Gasteiger partial charge in [-0.25, -0.2) is 0 Å². The largest absolute Gasteiger partial charge is 0.322 e. The van der Waals surface area contributed by atoms with Crippen LogP contribution in [0.2, 0.25) is 0 Å². The topological polar surface area (TPSA) is 103 Å². The lowest BCUT2D eigenvalue weighted by Gasteiger charge is -2.29. The van der Waals surface area contributed by atoms with Gasteiger partial charge in [0, 0.05) is 30.3 Å². The molecule has 1 saturated heterocycles. The molecule has 2 aromatic rings. The van der Waals surface area contributed by atoms with Crippen molar-refractivity contribution in [3.63, 3.8) is 0 Å². The molecule has 1 aromatic carbocycles. The van der Waals surface area contributed by atoms with Crippen LogP contribution in [0.1, 0.15) is 34.3 Å². The summed E-state index contributed by atoms with van der Waals surface area (Å²) in [5.41, 5.74) is 3.86. The third-order valence-electron chi connectivity index (χ3n) is 4.93. The van der Waals surface area contributed by atoms with Gasteiger partial charge >= 0.3 is 0 Å². The molecule has 7 nitrogen and oxygen atoms in total. The zero-order valence-corrected chi connectivity index (χ0v) is 14.4. The van der Waals surface area contributed by atoms with Gasteiger partial charge in [0.05, 0.1) is 18.2 Å². The summed E-state index contributed by atoms with van der Waals surface area (Å²) in [6, 6.07) is 10.6. The highest BCUT2D eigenvalue weighted by Crippen LogP contribution is 2.30. The first-order chi connectivity index (χ1) is 13.1. The van der Waals surface area contributed by atoms with Crippen molar-refractivity contribution < 1.29 is 14.4 Å². The number of hydrogen-bond donors (Lipinski definition) is 1. The van der Waals surface area contributed by atoms with E-state index in [0.29, 0.717) is 24.9 Å². The average molecular weight is 360 g/mol. The van der Waals surface area contributed by atoms with E-state index in [1.165, 1.54) is 4.90 Å². The van der Waals surface area contributed by atoms with Crippen LogP contribution in [0.4, 0.5) is 0 Å². The Balaban J connectivity index is 1.61. The molecule has 0 aliphatic carbocycles. The molecule has 1 N–H and O–H groups in total. The number of nitrogens with zero attached hydrogens (tertiary/aromatic N) is 3. The molecule has 0 spiro atoms. The van der Waals surface area contributed by atoms with Crippen molar-refractivity contribution in [1.82, 2.24) is 15.2 Å². The van der Waals surface area contributed by atoms with Crippen molar-refractivity contribution in [2.75, 3.05) is 0 Å². The van der Waals surface area contributed by atoms with Crippen molar-refractivity contribution in [1.29, 1.82) is 5.26 Å². The van der Waals surface area contributed by atoms with E-state index in [-0.39, 0.29) is 18.2 Å². The highest BCUT2D eigenvalue weighted by atomic mass is 16.2. The second-order valence-corrected chi connectivity index (χ2v) is 6.66. The quantitative estimate of drug-likeness (QED) is 0.837. The van der Waals surface area contributed by atoms with E-state index in [9.17, 15) is 14.4 Å². The van der Waals surface area contributed by atoms with Gasteiger partial charge in [-0.1, -0.05) is 6.07 Å². The van der Waals surface area contributed by atoms with Gasteiger partial charge in [0.2, 0.25) is 11.8 Å². The number of piperidine rings is 1. The van der Waals surface area contributed by atoms with Crippen molar-refractivity contribution in [3.05, 3.63) is 53.2 Å². The van der Waals surface area contributed by atoms with Crippen LogP contribution in [-0.4, -0.2) is 33.6 Å². The molecule has 27 heavy (non-hydrogen) atoms. The van der Waals surface area contributed by atoms with Crippen molar-refractivity contribution >= 4 is 17.7 Å². The van der Waals surface area contributed by atoms with Crippen LogP contribution in [0.15, 0.2) is 36.5 Å². The van der Waals surface area contributed by atoms with E-state index in [2.05, 4.69) is 16.4 Å². The second-order valence-electron chi connectivity index (χ2n) is 6.66. The lowest BCUT2D eigenvalue weighted by atomic mass is 10.0. The third kappa shape index (κ3) is 3.06. The monoisotopic (exact) mass is 360 g/mol. The van der Waals surface area contributed by atoms with Gasteiger partial charge in [0.15, 0.2) is 0 Å². The number of amides is 3. The number of nitrogens with one attached hydrogen (secondary N) is 1. The molecule has 134 valence electrons. The molecule has 2 aliphatic heterocycles. The normalized spacial score (nSPS) is 18.9. The average Bonchev–Trinajstić information content (AvgIpc) is 2.98. The molecule has 2 aliphatic rings. The highest BCUT2D eigenvalue weighted by Gasteiger charge is 2.39. The van der Waals surface area contributed by atoms with Crippen molar-refractivity contribution in [2.45, 2.75) is 31.8 Å². The van der Waals surface area contributed by atoms with Gasteiger partial charge in [-0.05, 0) is 41.8 Å². The Kier molecular flexibility index (Phi) is 4.16. The molecule has 0 radical (unpaired) electrons. The predicted octanol–water partition coefficient (Wildman–Crippen LogP) is 1.58. The Morgan fingerprint density at radius 2 is 2.07 bits per heavy atom. The van der Waals surface area contributed by atoms with Crippen LogP contribution in [0, 0.1) is 11.3 Å². The maximum absolute atomic E-state index is 12.7. The fourth-order valence-corrected chi connectivity index (χ4v) is 3.57. The number of hydrogen-bond acceptors (Lipinski definition) is 5. The molecule has 0 bridgehead atoms. The smallest absolute Gasteiger partial charge is 0.255 e. The summed E-state index contributed by atoms with van der Waals surface area (Å²) in [6.45, 7) is 0.326. The number of carbonyl (C=O) groups excluding carboxylic acids is 3. The summed E-state index contributed by atoms with van der Waals surface area (Å²) in [5, 5.41) is 11.2. The summed E-state index contributed by atoms with van der Waals surface area (Å²) in [6.07, 6.45) is 2.55. The van der Waals surface area contributed by atoms with Gasteiger partial charge in [0.25, 0.3) is 5.91 Å². The van der Waals surface area contributed by atoms with Gasteiger partial charge < -0.3 is 4.90 Å². The number of aromatic nitrogens is 1. The Morgan fingerprint density at radius 3 is 2.85 bits per heavy atom. The van der Waals surface area contributed by atoms with Crippen molar-refractivity contribution in [2.24, 2.45) is 0 Å². The number of carbonyl (C=O) groups is 3. The number of nitriles is 1. The van der Waals surface area contributed by atoms with E-state index in [0.717, 1.165) is 22.4 Å². The first-order valence-electron chi connectivity index (χ1n) is 8.66. The lowest BCUT2D eigenvalue weighted by Crippen LogP contribution is -2.52. The Bertz CT molecular complexity index is 1010. The number of rotatable bonds is 3. The van der Waals surface area contributed by atoms with Gasteiger partial charge in [-0.2, -0.15) is 5.26 Å². The number of pyridine rings is 1. The molecule has 4 rings (SSSR count). The molecule has 3 amide bonds. The van der Waals surface area contributed by atoms with E-state index < -0.39 is 11.9 Å². The summed E-state index contributed by atoms with van der Waals surface area (Å²) in [5.74, 6) is -0.915. The van der Waals surface area contributed by atoms with Crippen LogP contribution in [-0.2, 0) is 22.6 Å². The van der Waals surface area contributed by atoms with E-state index in [4.69, 9.17) is 5.26 Å². The molecule has 1 fully saturated rings. The Hall–Kier alpha value is -3.53. The number of fused-ring (bicyclic) bond motifs is 1. The molecule has 1 unspecified atom stereocenters. The highest BCUT2D eigenvalue weighted by molar-refractivity contribution is 6.05. The SMILES string of the molecule is N#CCc1ccnc(-c2ccc3c(c2)CN(C2CCC(=O)NC2=O)C3=O)c1. The van der Waals surface area contributed by atoms with Crippen LogP contribution >= 0.6 is 0 Å². The first kappa shape index (κ1) is 16.9. The van der Waals surface area contributed by atoms with E-state index in [1.54, 1.807) is 18.3 Å². The number of imide groups is 1. The Labute approximate surface area is 155 Å². The number of benzene rings is 1. The minimum absolute atomic E-state index is 0.197. The van der Waals surface area contributed by atoms with Gasteiger partial charge in [0.1, 0.15) is 6.04 Å². The van der Waals surface area contributed by atoms with E-state index >= 15 is 0 Å². The molecule has 1 aromatic heterocycles. The maximum atomic E-state index is 12.7. The maximum Gasteiger partial charge on any atom is 0.255 e. The minimum atomic E-state index is -0.622. The fourth-order valence-electron chi connectivity index (χ4n) is 3.57. The second kappa shape index (κ2) is 6.65. The lowest BCUT2D eigenvalue weighted by molar-refractivity contribution is -0.136. The molecule has 1 atom stereocenters. The molecular weight excluding hydrogens is 344 g/mol. The van der Waals surface area contributed by atoms with Crippen LogP contribution < -0.4 is 5.32 Å². The Morgan fingerprint density at radius 1 is 1.22 bits per heavy atom.